The van der Waals surface area contributed by atoms with Crippen LogP contribution in [0.25, 0.3) is 0 Å². The molecule has 0 radical (unpaired) electrons. The number of rotatable bonds is 4. The number of carbonyl (C=O) groups is 1. The summed E-state index contributed by atoms with van der Waals surface area (Å²) in [7, 11) is 0. The number of halogens is 1. The highest BCUT2D eigenvalue weighted by Crippen LogP contribution is 2.30. The Bertz CT molecular complexity index is 688. The molecule has 0 saturated heterocycles. The van der Waals surface area contributed by atoms with Gasteiger partial charge in [-0.05, 0) is 25.0 Å². The maximum atomic E-state index is 13.1. The molecule has 1 amide bonds. The summed E-state index contributed by atoms with van der Waals surface area (Å²) in [5, 5.41) is 2.70. The van der Waals surface area contributed by atoms with E-state index in [1.807, 2.05) is 0 Å². The average Bonchev–Trinajstić information content (AvgIpc) is 3.28. The third-order valence-electron chi connectivity index (χ3n) is 3.03. The van der Waals surface area contributed by atoms with Crippen LogP contribution in [0.3, 0.4) is 0 Å². The van der Waals surface area contributed by atoms with Crippen molar-refractivity contribution >= 4 is 17.4 Å². The van der Waals surface area contributed by atoms with Crippen molar-refractivity contribution in [2.24, 2.45) is 5.92 Å². The van der Waals surface area contributed by atoms with Crippen LogP contribution in [0.4, 0.5) is 15.9 Å². The van der Waals surface area contributed by atoms with Crippen LogP contribution < -0.4 is 15.8 Å². The zero-order valence-corrected chi connectivity index (χ0v) is 11.0. The van der Waals surface area contributed by atoms with Gasteiger partial charge >= 0.3 is 0 Å². The third-order valence-corrected chi connectivity index (χ3v) is 3.03. The van der Waals surface area contributed by atoms with E-state index in [0.29, 0.717) is 11.6 Å². The molecule has 0 aliphatic heterocycles. The predicted molar refractivity (Wildman–Crippen MR) is 74.3 cm³/mol. The molecule has 0 bridgehead atoms. The summed E-state index contributed by atoms with van der Waals surface area (Å²) < 4.78 is 18.5. The first kappa shape index (κ1) is 13.3. The molecule has 2 aromatic rings. The summed E-state index contributed by atoms with van der Waals surface area (Å²) in [5.41, 5.74) is 5.46. The Hall–Kier alpha value is -2.70. The maximum absolute atomic E-state index is 13.1. The number of nitrogen functional groups attached to an aromatic ring is 1. The molecule has 6 nitrogen and oxygen atoms in total. The fourth-order valence-corrected chi connectivity index (χ4v) is 1.74. The first-order chi connectivity index (χ1) is 10.1. The van der Waals surface area contributed by atoms with Crippen LogP contribution in [0.5, 0.6) is 11.6 Å². The Kier molecular flexibility index (Phi) is 3.39. The minimum absolute atomic E-state index is 0.0104. The fourth-order valence-electron chi connectivity index (χ4n) is 1.74. The number of amides is 1. The van der Waals surface area contributed by atoms with Gasteiger partial charge in [0.25, 0.3) is 0 Å². The van der Waals surface area contributed by atoms with Gasteiger partial charge in [-0.15, -0.1) is 0 Å². The van der Waals surface area contributed by atoms with Crippen molar-refractivity contribution in [2.75, 3.05) is 11.1 Å². The van der Waals surface area contributed by atoms with Gasteiger partial charge in [0, 0.05) is 18.1 Å². The Labute approximate surface area is 120 Å². The lowest BCUT2D eigenvalue weighted by molar-refractivity contribution is -0.117. The van der Waals surface area contributed by atoms with E-state index >= 15 is 0 Å². The molecule has 7 heteroatoms. The van der Waals surface area contributed by atoms with E-state index in [1.165, 1.54) is 30.6 Å². The van der Waals surface area contributed by atoms with E-state index < -0.39 is 5.82 Å². The first-order valence-corrected chi connectivity index (χ1v) is 6.47. The number of nitrogens with zero attached hydrogens (tertiary/aromatic N) is 2. The number of aromatic nitrogens is 2. The summed E-state index contributed by atoms with van der Waals surface area (Å²) in [6, 6.07) is 5.51. The first-order valence-electron chi connectivity index (χ1n) is 6.47. The quantitative estimate of drug-likeness (QED) is 0.843. The number of nitrogens with two attached hydrogens (primary N) is 1. The molecule has 1 heterocycles. The second kappa shape index (κ2) is 5.35. The largest absolute Gasteiger partial charge is 0.439 e. The van der Waals surface area contributed by atoms with Gasteiger partial charge in [0.05, 0.1) is 5.69 Å². The lowest BCUT2D eigenvalue weighted by Crippen LogP contribution is -2.14. The molecular formula is C14H13FN4O2. The zero-order valence-electron chi connectivity index (χ0n) is 11.0. The standard InChI is InChI=1S/C14H13FN4O2/c15-10-4-3-9(5-11(10)16)21-13-6-12(17-7-18-13)19-14(20)8-1-2-8/h3-8H,1-2,16H2,(H,17,18,19,20). The number of benzene rings is 1. The highest BCUT2D eigenvalue weighted by atomic mass is 19.1. The second-order valence-electron chi connectivity index (χ2n) is 4.79. The van der Waals surface area contributed by atoms with Crippen LogP contribution in [0.2, 0.25) is 0 Å². The lowest BCUT2D eigenvalue weighted by atomic mass is 10.3. The van der Waals surface area contributed by atoms with Crippen LogP contribution in [0, 0.1) is 11.7 Å². The zero-order chi connectivity index (χ0) is 14.8. The predicted octanol–water partition coefficient (Wildman–Crippen LogP) is 2.34. The van der Waals surface area contributed by atoms with Gasteiger partial charge in [0.15, 0.2) is 0 Å². The molecule has 3 rings (SSSR count). The van der Waals surface area contributed by atoms with Crippen LogP contribution in [-0.2, 0) is 4.79 Å². The van der Waals surface area contributed by atoms with Gasteiger partial charge in [0.1, 0.15) is 23.7 Å². The van der Waals surface area contributed by atoms with E-state index in [2.05, 4.69) is 15.3 Å². The number of carbonyl (C=O) groups excluding carboxylic acids is 1. The number of anilines is 2. The molecular weight excluding hydrogens is 275 g/mol. The molecule has 1 saturated carbocycles. The van der Waals surface area contributed by atoms with E-state index in [9.17, 15) is 9.18 Å². The minimum atomic E-state index is -0.512. The molecule has 0 spiro atoms. The monoisotopic (exact) mass is 288 g/mol. The van der Waals surface area contributed by atoms with Crippen LogP contribution in [-0.4, -0.2) is 15.9 Å². The molecule has 1 aromatic heterocycles. The van der Waals surface area contributed by atoms with E-state index in [4.69, 9.17) is 10.5 Å². The van der Waals surface area contributed by atoms with Crippen LogP contribution in [0.15, 0.2) is 30.6 Å². The second-order valence-corrected chi connectivity index (χ2v) is 4.79. The molecule has 1 aliphatic rings. The number of hydrogen-bond donors (Lipinski definition) is 2. The molecule has 0 unspecified atom stereocenters. The molecule has 1 aliphatic carbocycles. The Morgan fingerprint density at radius 3 is 2.86 bits per heavy atom. The molecule has 1 fully saturated rings. The molecule has 21 heavy (non-hydrogen) atoms. The van der Waals surface area contributed by atoms with E-state index in [1.54, 1.807) is 0 Å². The number of ether oxygens (including phenoxy) is 1. The third kappa shape index (κ3) is 3.25. The molecule has 3 N–H and O–H groups in total. The Morgan fingerprint density at radius 1 is 1.33 bits per heavy atom. The summed E-state index contributed by atoms with van der Waals surface area (Å²) in [5.74, 6) is 0.482. The van der Waals surface area contributed by atoms with Crippen molar-refractivity contribution in [2.45, 2.75) is 12.8 Å². The van der Waals surface area contributed by atoms with Gasteiger partial charge in [-0.1, -0.05) is 0 Å². The summed E-state index contributed by atoms with van der Waals surface area (Å²) >= 11 is 0. The SMILES string of the molecule is Nc1cc(Oc2cc(NC(=O)C3CC3)ncn2)ccc1F. The summed E-state index contributed by atoms with van der Waals surface area (Å²) in [6.45, 7) is 0. The number of hydrogen-bond acceptors (Lipinski definition) is 5. The van der Waals surface area contributed by atoms with Crippen molar-refractivity contribution in [1.29, 1.82) is 0 Å². The Morgan fingerprint density at radius 2 is 2.14 bits per heavy atom. The maximum Gasteiger partial charge on any atom is 0.228 e. The molecule has 0 atom stereocenters. The van der Waals surface area contributed by atoms with Gasteiger partial charge in [-0.2, -0.15) is 0 Å². The van der Waals surface area contributed by atoms with Crippen molar-refractivity contribution in [3.8, 4) is 11.6 Å². The van der Waals surface area contributed by atoms with Gasteiger partial charge < -0.3 is 15.8 Å². The van der Waals surface area contributed by atoms with E-state index in [0.717, 1.165) is 12.8 Å². The topological polar surface area (TPSA) is 90.1 Å². The molecule has 1 aromatic carbocycles. The highest BCUT2D eigenvalue weighted by Gasteiger charge is 2.29. The van der Waals surface area contributed by atoms with E-state index in [-0.39, 0.29) is 23.4 Å². The summed E-state index contributed by atoms with van der Waals surface area (Å²) in [6.07, 6.45) is 3.11. The van der Waals surface area contributed by atoms with Gasteiger partial charge in [0.2, 0.25) is 11.8 Å². The van der Waals surface area contributed by atoms with Crippen molar-refractivity contribution in [3.63, 3.8) is 0 Å². The normalized spacial score (nSPS) is 13.8. The summed E-state index contributed by atoms with van der Waals surface area (Å²) in [4.78, 5) is 19.5. The van der Waals surface area contributed by atoms with Crippen molar-refractivity contribution in [1.82, 2.24) is 9.97 Å². The fraction of sp³-hybridized carbons (Fsp3) is 0.214. The average molecular weight is 288 g/mol. The van der Waals surface area contributed by atoms with Crippen LogP contribution in [0.1, 0.15) is 12.8 Å². The van der Waals surface area contributed by atoms with Gasteiger partial charge in [-0.3, -0.25) is 4.79 Å². The highest BCUT2D eigenvalue weighted by molar-refractivity contribution is 5.93. The minimum Gasteiger partial charge on any atom is -0.439 e. The van der Waals surface area contributed by atoms with Crippen molar-refractivity contribution in [3.05, 3.63) is 36.4 Å². The van der Waals surface area contributed by atoms with Crippen molar-refractivity contribution < 1.29 is 13.9 Å². The smallest absolute Gasteiger partial charge is 0.228 e. The Balaban J connectivity index is 1.72. The van der Waals surface area contributed by atoms with Crippen LogP contribution >= 0.6 is 0 Å². The van der Waals surface area contributed by atoms with Gasteiger partial charge in [-0.25, -0.2) is 14.4 Å². The number of nitrogens with one attached hydrogen (secondary N) is 1. The molecule has 108 valence electrons. The lowest BCUT2D eigenvalue weighted by Gasteiger charge is -2.07.